The molecule has 1 saturated heterocycles. The highest BCUT2D eigenvalue weighted by Gasteiger charge is 2.28. The minimum Gasteiger partial charge on any atom is -0.491 e. The number of allylic oxidation sites excluding steroid dienone is 1. The van der Waals surface area contributed by atoms with Crippen molar-refractivity contribution in [2.45, 2.75) is 19.0 Å². The summed E-state index contributed by atoms with van der Waals surface area (Å²) in [5.74, 6) is -0.980. The SMILES string of the molecule is C=CCCCOc1cc(C(=O)NCC(F)(F)F)ccc1-n1cc(C(=O)N2CCN(CCO)CC2)nn1. The van der Waals surface area contributed by atoms with Gasteiger partial charge in [0.15, 0.2) is 5.69 Å². The Kier molecular flexibility index (Phi) is 9.42. The van der Waals surface area contributed by atoms with E-state index in [9.17, 15) is 22.8 Å². The summed E-state index contributed by atoms with van der Waals surface area (Å²) in [5.41, 5.74) is 0.481. The van der Waals surface area contributed by atoms with E-state index in [1.807, 2.05) is 5.32 Å². The summed E-state index contributed by atoms with van der Waals surface area (Å²) >= 11 is 0. The van der Waals surface area contributed by atoms with E-state index in [2.05, 4.69) is 21.8 Å². The van der Waals surface area contributed by atoms with Crippen molar-refractivity contribution in [1.82, 2.24) is 30.1 Å². The maximum absolute atomic E-state index is 12.9. The largest absolute Gasteiger partial charge is 0.491 e. The van der Waals surface area contributed by atoms with E-state index in [1.54, 1.807) is 11.0 Å². The molecule has 0 spiro atoms. The lowest BCUT2D eigenvalue weighted by Gasteiger charge is -2.33. The summed E-state index contributed by atoms with van der Waals surface area (Å²) in [6.07, 6.45) is -0.0395. The fourth-order valence-corrected chi connectivity index (χ4v) is 3.61. The number of hydrogen-bond donors (Lipinski definition) is 2. The van der Waals surface area contributed by atoms with Gasteiger partial charge in [0.25, 0.3) is 11.8 Å². The van der Waals surface area contributed by atoms with Crippen LogP contribution in [0.15, 0.2) is 37.1 Å². The van der Waals surface area contributed by atoms with E-state index < -0.39 is 18.6 Å². The van der Waals surface area contributed by atoms with Crippen molar-refractivity contribution >= 4 is 11.8 Å². The molecule has 0 radical (unpaired) electrons. The van der Waals surface area contributed by atoms with Gasteiger partial charge in [-0.1, -0.05) is 11.3 Å². The minimum absolute atomic E-state index is 0.0149. The average Bonchev–Trinajstić information content (AvgIpc) is 3.35. The normalized spacial score (nSPS) is 14.5. The third-order valence-corrected chi connectivity index (χ3v) is 5.52. The van der Waals surface area contributed by atoms with Crippen LogP contribution < -0.4 is 10.1 Å². The number of nitrogens with one attached hydrogen (secondary N) is 1. The van der Waals surface area contributed by atoms with Crippen molar-refractivity contribution in [1.29, 1.82) is 0 Å². The van der Waals surface area contributed by atoms with Gasteiger partial charge in [-0.05, 0) is 31.0 Å². The van der Waals surface area contributed by atoms with Crippen molar-refractivity contribution < 1.29 is 32.6 Å². The van der Waals surface area contributed by atoms with Crippen LogP contribution in [0, 0.1) is 0 Å². The highest BCUT2D eigenvalue weighted by atomic mass is 19.4. The Hall–Kier alpha value is -3.45. The number of carbonyl (C=O) groups is 2. The van der Waals surface area contributed by atoms with Crippen molar-refractivity contribution in [2.75, 3.05) is 52.5 Å². The van der Waals surface area contributed by atoms with E-state index in [4.69, 9.17) is 9.84 Å². The van der Waals surface area contributed by atoms with E-state index in [-0.39, 0.29) is 36.1 Å². The number of piperazine rings is 1. The number of hydrogen-bond acceptors (Lipinski definition) is 7. The molecule has 1 fully saturated rings. The molecule has 0 bridgehead atoms. The summed E-state index contributed by atoms with van der Waals surface area (Å²) in [6, 6.07) is 4.15. The molecule has 36 heavy (non-hydrogen) atoms. The van der Waals surface area contributed by atoms with Crippen LogP contribution in [-0.4, -0.2) is 100 Å². The number of amides is 2. The molecule has 10 nitrogen and oxygen atoms in total. The van der Waals surface area contributed by atoms with Gasteiger partial charge in [0.1, 0.15) is 18.0 Å². The van der Waals surface area contributed by atoms with Gasteiger partial charge >= 0.3 is 6.18 Å². The molecule has 2 aromatic rings. The second-order valence-corrected chi connectivity index (χ2v) is 8.17. The molecule has 3 rings (SSSR count). The van der Waals surface area contributed by atoms with Crippen LogP contribution in [0.1, 0.15) is 33.7 Å². The van der Waals surface area contributed by atoms with Gasteiger partial charge in [-0.25, -0.2) is 4.68 Å². The third kappa shape index (κ3) is 7.52. The molecular weight excluding hydrogens is 481 g/mol. The summed E-state index contributed by atoms with van der Waals surface area (Å²) in [7, 11) is 0. The lowest BCUT2D eigenvalue weighted by atomic mass is 10.1. The predicted molar refractivity (Wildman–Crippen MR) is 124 cm³/mol. The Morgan fingerprint density at radius 2 is 1.97 bits per heavy atom. The fraction of sp³-hybridized carbons (Fsp3) is 0.478. The molecule has 1 aromatic carbocycles. The minimum atomic E-state index is -4.53. The lowest BCUT2D eigenvalue weighted by molar-refractivity contribution is -0.123. The van der Waals surface area contributed by atoms with Crippen LogP contribution in [-0.2, 0) is 0 Å². The summed E-state index contributed by atoms with van der Waals surface area (Å²) in [4.78, 5) is 28.8. The molecule has 0 unspecified atom stereocenters. The Morgan fingerprint density at radius 1 is 1.22 bits per heavy atom. The zero-order chi connectivity index (χ0) is 26.1. The summed E-state index contributed by atoms with van der Waals surface area (Å²) < 4.78 is 44.6. The molecule has 2 heterocycles. The van der Waals surface area contributed by atoms with Gasteiger partial charge in [0.05, 0.1) is 19.4 Å². The van der Waals surface area contributed by atoms with Gasteiger partial charge in [0.2, 0.25) is 0 Å². The van der Waals surface area contributed by atoms with Crippen molar-refractivity contribution in [3.05, 3.63) is 48.3 Å². The topological polar surface area (TPSA) is 113 Å². The highest BCUT2D eigenvalue weighted by Crippen LogP contribution is 2.25. The third-order valence-electron chi connectivity index (χ3n) is 5.52. The first-order valence-electron chi connectivity index (χ1n) is 11.5. The second kappa shape index (κ2) is 12.5. The number of carbonyl (C=O) groups excluding carboxylic acids is 2. The van der Waals surface area contributed by atoms with E-state index >= 15 is 0 Å². The molecule has 2 amide bonds. The Morgan fingerprint density at radius 3 is 2.64 bits per heavy atom. The van der Waals surface area contributed by atoms with Crippen molar-refractivity contribution in [3.63, 3.8) is 0 Å². The number of ether oxygens (including phenoxy) is 1. The number of benzene rings is 1. The second-order valence-electron chi connectivity index (χ2n) is 8.17. The van der Waals surface area contributed by atoms with Crippen LogP contribution >= 0.6 is 0 Å². The zero-order valence-corrected chi connectivity index (χ0v) is 19.7. The van der Waals surface area contributed by atoms with Gasteiger partial charge < -0.3 is 20.1 Å². The standard InChI is InChI=1S/C23H29F3N6O4/c1-2-3-4-13-36-20-14-17(21(34)27-16-23(24,25)26)5-6-19(20)32-15-18(28-29-32)22(35)31-9-7-30(8-10-31)11-12-33/h2,5-6,14-15,33H,1,3-4,7-13,16H2,(H,27,34). The van der Waals surface area contributed by atoms with Crippen molar-refractivity contribution in [3.8, 4) is 11.4 Å². The first-order valence-corrected chi connectivity index (χ1v) is 11.5. The summed E-state index contributed by atoms with van der Waals surface area (Å²) in [5, 5.41) is 18.9. The predicted octanol–water partition coefficient (Wildman–Crippen LogP) is 1.65. The number of nitrogens with zero attached hydrogens (tertiary/aromatic N) is 5. The van der Waals surface area contributed by atoms with Gasteiger partial charge in [-0.3, -0.25) is 14.5 Å². The zero-order valence-electron chi connectivity index (χ0n) is 19.7. The molecule has 13 heteroatoms. The number of aliphatic hydroxyl groups excluding tert-OH is 1. The van der Waals surface area contributed by atoms with Crippen LogP contribution in [0.4, 0.5) is 13.2 Å². The van der Waals surface area contributed by atoms with E-state index in [0.29, 0.717) is 51.3 Å². The van der Waals surface area contributed by atoms with Crippen LogP contribution in [0.3, 0.4) is 0 Å². The average molecular weight is 511 g/mol. The van der Waals surface area contributed by atoms with Gasteiger partial charge in [-0.2, -0.15) is 13.2 Å². The number of alkyl halides is 3. The maximum atomic E-state index is 12.9. The maximum Gasteiger partial charge on any atom is 0.405 e. The van der Waals surface area contributed by atoms with E-state index in [0.717, 1.165) is 0 Å². The smallest absolute Gasteiger partial charge is 0.405 e. The van der Waals surface area contributed by atoms with Crippen LogP contribution in [0.5, 0.6) is 5.75 Å². The van der Waals surface area contributed by atoms with Crippen LogP contribution in [0.2, 0.25) is 0 Å². The Balaban J connectivity index is 1.77. The van der Waals surface area contributed by atoms with Gasteiger partial charge in [0, 0.05) is 38.3 Å². The monoisotopic (exact) mass is 510 g/mol. The molecule has 1 aromatic heterocycles. The van der Waals surface area contributed by atoms with Gasteiger partial charge in [-0.15, -0.1) is 11.7 Å². The highest BCUT2D eigenvalue weighted by molar-refractivity contribution is 5.95. The summed E-state index contributed by atoms with van der Waals surface area (Å²) in [6.45, 7) is 5.34. The quantitative estimate of drug-likeness (QED) is 0.349. The Bertz CT molecular complexity index is 1050. The number of unbranched alkanes of at least 4 members (excludes halogenated alkanes) is 1. The molecule has 0 atom stereocenters. The molecule has 2 N–H and O–H groups in total. The Labute approximate surface area is 206 Å². The molecule has 1 aliphatic rings. The first-order chi connectivity index (χ1) is 17.2. The number of aromatic nitrogens is 3. The number of halogens is 3. The fourth-order valence-electron chi connectivity index (χ4n) is 3.61. The molecular formula is C23H29F3N6O4. The molecule has 1 aliphatic heterocycles. The first kappa shape index (κ1) is 27.1. The van der Waals surface area contributed by atoms with Crippen molar-refractivity contribution in [2.24, 2.45) is 0 Å². The number of aliphatic hydroxyl groups is 1. The molecule has 0 saturated carbocycles. The number of rotatable bonds is 11. The van der Waals surface area contributed by atoms with Crippen LogP contribution in [0.25, 0.3) is 5.69 Å². The molecule has 0 aliphatic carbocycles. The van der Waals surface area contributed by atoms with E-state index in [1.165, 1.54) is 29.1 Å². The lowest BCUT2D eigenvalue weighted by Crippen LogP contribution is -2.49. The number of β-amino-alcohol motifs (C(OH)–C–C–N with tert-alkyl or cyclic N) is 1. The molecule has 196 valence electrons.